The molecule has 1 saturated heterocycles. The predicted octanol–water partition coefficient (Wildman–Crippen LogP) is 1.31. The van der Waals surface area contributed by atoms with Crippen LogP contribution in [0.2, 0.25) is 0 Å². The van der Waals surface area contributed by atoms with Crippen LogP contribution < -0.4 is 16.4 Å². The highest BCUT2D eigenvalue weighted by Gasteiger charge is 2.16. The molecule has 7 nitrogen and oxygen atoms in total. The van der Waals surface area contributed by atoms with Crippen molar-refractivity contribution in [2.24, 2.45) is 0 Å². The number of nitrogen functional groups attached to an aromatic ring is 2. The quantitative estimate of drug-likeness (QED) is 0.739. The second-order valence-electron chi connectivity index (χ2n) is 6.22. The first-order valence-electron chi connectivity index (χ1n) is 8.06. The normalized spacial score (nSPS) is 16.0. The number of hydrogen-bond acceptors (Lipinski definition) is 6. The van der Waals surface area contributed by atoms with Gasteiger partial charge in [0.05, 0.1) is 5.69 Å². The van der Waals surface area contributed by atoms with Gasteiger partial charge in [-0.2, -0.15) is 4.98 Å². The number of nitrogens with zero attached hydrogens (tertiary/aromatic N) is 5. The van der Waals surface area contributed by atoms with Crippen molar-refractivity contribution in [1.82, 2.24) is 19.5 Å². The smallest absolute Gasteiger partial charge is 0.240 e. The number of pyridine rings is 1. The molecule has 0 aliphatic carbocycles. The van der Waals surface area contributed by atoms with Crippen molar-refractivity contribution >= 4 is 23.0 Å². The molecule has 3 heterocycles. The first kappa shape index (κ1) is 14.8. The molecule has 0 radical (unpaired) electrons. The van der Waals surface area contributed by atoms with E-state index in [0.29, 0.717) is 11.3 Å². The van der Waals surface area contributed by atoms with Crippen LogP contribution in [0.4, 0.5) is 17.3 Å². The summed E-state index contributed by atoms with van der Waals surface area (Å²) in [5, 5.41) is 4.10. The van der Waals surface area contributed by atoms with Crippen molar-refractivity contribution in [2.45, 2.75) is 0 Å². The Hall–Kier alpha value is -2.80. The maximum atomic E-state index is 6.31. The average molecular weight is 323 g/mol. The van der Waals surface area contributed by atoms with Gasteiger partial charge in [-0.1, -0.05) is 12.1 Å². The van der Waals surface area contributed by atoms with Crippen LogP contribution in [0.5, 0.6) is 0 Å². The van der Waals surface area contributed by atoms with E-state index in [1.165, 1.54) is 5.69 Å². The highest BCUT2D eigenvalue weighted by molar-refractivity contribution is 5.86. The van der Waals surface area contributed by atoms with E-state index in [4.69, 9.17) is 11.5 Å². The standard InChI is InChI=1S/C17H21N7/c1-22-7-9-23(10-8-22)13-4-2-3-12(11-13)14-5-6-24-16(15(14)18)20-17(19)21-24/h2-6,11H,7-10,18H2,1H3,(H2,19,21). The third-order valence-electron chi connectivity index (χ3n) is 4.59. The zero-order valence-electron chi connectivity index (χ0n) is 13.7. The molecule has 1 aliphatic heterocycles. The van der Waals surface area contributed by atoms with Gasteiger partial charge in [0.2, 0.25) is 5.95 Å². The summed E-state index contributed by atoms with van der Waals surface area (Å²) in [5.74, 6) is 0.227. The van der Waals surface area contributed by atoms with Crippen LogP contribution in [0.25, 0.3) is 16.8 Å². The lowest BCUT2D eigenvalue weighted by atomic mass is 10.0. The molecule has 0 atom stereocenters. The van der Waals surface area contributed by atoms with Crippen LogP contribution in [0.15, 0.2) is 36.5 Å². The molecule has 0 unspecified atom stereocenters. The molecule has 2 aromatic heterocycles. The van der Waals surface area contributed by atoms with Gasteiger partial charge in [-0.05, 0) is 30.8 Å². The molecule has 0 saturated carbocycles. The summed E-state index contributed by atoms with van der Waals surface area (Å²) in [6.07, 6.45) is 1.84. The molecule has 1 aliphatic rings. The highest BCUT2D eigenvalue weighted by atomic mass is 15.3. The second kappa shape index (κ2) is 5.68. The van der Waals surface area contributed by atoms with Gasteiger partial charge in [0.25, 0.3) is 0 Å². The lowest BCUT2D eigenvalue weighted by Crippen LogP contribution is -2.44. The Balaban J connectivity index is 1.72. The van der Waals surface area contributed by atoms with Gasteiger partial charge < -0.3 is 21.3 Å². The fourth-order valence-corrected chi connectivity index (χ4v) is 3.17. The molecular formula is C17H21N7. The maximum Gasteiger partial charge on any atom is 0.240 e. The van der Waals surface area contributed by atoms with Crippen LogP contribution in [0.1, 0.15) is 0 Å². The molecule has 4 N–H and O–H groups in total. The first-order valence-corrected chi connectivity index (χ1v) is 8.06. The van der Waals surface area contributed by atoms with Gasteiger partial charge in [0, 0.05) is 43.6 Å². The largest absolute Gasteiger partial charge is 0.395 e. The highest BCUT2D eigenvalue weighted by Crippen LogP contribution is 2.31. The van der Waals surface area contributed by atoms with E-state index >= 15 is 0 Å². The minimum absolute atomic E-state index is 0.227. The van der Waals surface area contributed by atoms with Gasteiger partial charge in [-0.3, -0.25) is 0 Å². The van der Waals surface area contributed by atoms with Crippen molar-refractivity contribution in [1.29, 1.82) is 0 Å². The second-order valence-corrected chi connectivity index (χ2v) is 6.22. The summed E-state index contributed by atoms with van der Waals surface area (Å²) in [4.78, 5) is 8.97. The van der Waals surface area contributed by atoms with Crippen molar-refractivity contribution in [3.8, 4) is 11.1 Å². The Bertz CT molecular complexity index is 878. The van der Waals surface area contributed by atoms with Crippen LogP contribution in [0.3, 0.4) is 0 Å². The summed E-state index contributed by atoms with van der Waals surface area (Å²) in [5.41, 5.74) is 16.4. The Labute approximate surface area is 140 Å². The maximum absolute atomic E-state index is 6.31. The molecule has 1 fully saturated rings. The number of benzene rings is 1. The summed E-state index contributed by atoms with van der Waals surface area (Å²) < 4.78 is 1.61. The minimum atomic E-state index is 0.227. The molecule has 124 valence electrons. The van der Waals surface area contributed by atoms with Gasteiger partial charge in [-0.15, -0.1) is 5.10 Å². The van der Waals surface area contributed by atoms with E-state index in [1.807, 2.05) is 12.3 Å². The zero-order chi connectivity index (χ0) is 16.7. The van der Waals surface area contributed by atoms with E-state index in [1.54, 1.807) is 4.52 Å². The average Bonchev–Trinajstić information content (AvgIpc) is 2.97. The van der Waals surface area contributed by atoms with Crippen molar-refractivity contribution in [3.05, 3.63) is 36.5 Å². The molecule has 1 aromatic carbocycles. The van der Waals surface area contributed by atoms with E-state index in [0.717, 1.165) is 37.3 Å². The minimum Gasteiger partial charge on any atom is -0.395 e. The Morgan fingerprint density at radius 2 is 1.83 bits per heavy atom. The number of aromatic nitrogens is 3. The summed E-state index contributed by atoms with van der Waals surface area (Å²) >= 11 is 0. The zero-order valence-corrected chi connectivity index (χ0v) is 13.7. The topological polar surface area (TPSA) is 88.7 Å². The van der Waals surface area contributed by atoms with Crippen LogP contribution in [-0.4, -0.2) is 52.7 Å². The van der Waals surface area contributed by atoms with Crippen LogP contribution in [-0.2, 0) is 0 Å². The Morgan fingerprint density at radius 3 is 2.62 bits per heavy atom. The van der Waals surface area contributed by atoms with Gasteiger partial charge in [-0.25, -0.2) is 4.52 Å². The number of anilines is 3. The van der Waals surface area contributed by atoms with E-state index < -0.39 is 0 Å². The lowest BCUT2D eigenvalue weighted by Gasteiger charge is -2.34. The summed E-state index contributed by atoms with van der Waals surface area (Å²) in [7, 11) is 2.16. The predicted molar refractivity (Wildman–Crippen MR) is 97.0 cm³/mol. The number of fused-ring (bicyclic) bond motifs is 1. The van der Waals surface area contributed by atoms with E-state index in [2.05, 4.69) is 51.2 Å². The number of nitrogens with two attached hydrogens (primary N) is 2. The molecule has 0 amide bonds. The van der Waals surface area contributed by atoms with Gasteiger partial charge in [0.15, 0.2) is 5.65 Å². The molecular weight excluding hydrogens is 302 g/mol. The number of piperazine rings is 1. The van der Waals surface area contributed by atoms with Crippen molar-refractivity contribution in [3.63, 3.8) is 0 Å². The van der Waals surface area contributed by atoms with E-state index in [9.17, 15) is 0 Å². The Morgan fingerprint density at radius 1 is 1.04 bits per heavy atom. The van der Waals surface area contributed by atoms with Crippen molar-refractivity contribution < 1.29 is 0 Å². The molecule has 3 aromatic rings. The van der Waals surface area contributed by atoms with Crippen LogP contribution in [0, 0.1) is 0 Å². The third-order valence-corrected chi connectivity index (χ3v) is 4.59. The number of rotatable bonds is 2. The number of hydrogen-bond donors (Lipinski definition) is 2. The van der Waals surface area contributed by atoms with Gasteiger partial charge >= 0.3 is 0 Å². The van der Waals surface area contributed by atoms with Gasteiger partial charge in [0.1, 0.15) is 0 Å². The summed E-state index contributed by atoms with van der Waals surface area (Å²) in [6, 6.07) is 10.4. The molecule has 4 rings (SSSR count). The lowest BCUT2D eigenvalue weighted by molar-refractivity contribution is 0.313. The van der Waals surface area contributed by atoms with Crippen molar-refractivity contribution in [2.75, 3.05) is 49.6 Å². The fraction of sp³-hybridized carbons (Fsp3) is 0.294. The Kier molecular flexibility index (Phi) is 3.50. The molecule has 24 heavy (non-hydrogen) atoms. The molecule has 0 bridgehead atoms. The fourth-order valence-electron chi connectivity index (χ4n) is 3.17. The monoisotopic (exact) mass is 323 g/mol. The molecule has 7 heteroatoms. The first-order chi connectivity index (χ1) is 11.6. The SMILES string of the molecule is CN1CCN(c2cccc(-c3ccn4nc(N)nc4c3N)c2)CC1. The molecule has 0 spiro atoms. The summed E-state index contributed by atoms with van der Waals surface area (Å²) in [6.45, 7) is 4.24. The van der Waals surface area contributed by atoms with Crippen LogP contribution >= 0.6 is 0 Å². The third kappa shape index (κ3) is 2.52. The van der Waals surface area contributed by atoms with E-state index in [-0.39, 0.29) is 5.95 Å². The number of likely N-dealkylation sites (N-methyl/N-ethyl adjacent to an activating group) is 1.